The molecular formula is C11H15N3O4. The van der Waals surface area contributed by atoms with Crippen LogP contribution >= 0.6 is 0 Å². The molecule has 1 aromatic rings. The zero-order chi connectivity index (χ0) is 13.7. The number of methoxy groups -OCH3 is 1. The summed E-state index contributed by atoms with van der Waals surface area (Å²) in [6.45, 7) is 0. The first-order valence-electron chi connectivity index (χ1n) is 5.17. The number of hydrogen-bond acceptors (Lipinski definition) is 4. The Balaban J connectivity index is 2.98. The third-order valence-corrected chi connectivity index (χ3v) is 2.21. The lowest BCUT2D eigenvalue weighted by molar-refractivity contribution is -0.127. The van der Waals surface area contributed by atoms with Crippen molar-refractivity contribution in [3.05, 3.63) is 17.8 Å². The van der Waals surface area contributed by atoms with Crippen LogP contribution in [0.5, 0.6) is 5.88 Å². The van der Waals surface area contributed by atoms with Crippen molar-refractivity contribution < 1.29 is 19.4 Å². The molecule has 0 aliphatic carbocycles. The van der Waals surface area contributed by atoms with Gasteiger partial charge in [-0.2, -0.15) is 0 Å². The van der Waals surface area contributed by atoms with Crippen molar-refractivity contribution in [3.63, 3.8) is 0 Å². The first-order chi connectivity index (χ1) is 8.43. The molecule has 0 fully saturated rings. The van der Waals surface area contributed by atoms with Crippen molar-refractivity contribution >= 4 is 17.7 Å². The number of nitrogens with zero attached hydrogens (tertiary/aromatic N) is 2. The van der Waals surface area contributed by atoms with E-state index in [4.69, 9.17) is 9.84 Å². The fourth-order valence-corrected chi connectivity index (χ4v) is 1.32. The maximum absolute atomic E-state index is 11.6. The van der Waals surface area contributed by atoms with Crippen LogP contribution in [0.4, 0.5) is 10.5 Å². The third-order valence-electron chi connectivity index (χ3n) is 2.21. The number of carbonyl (C=O) groups is 2. The van der Waals surface area contributed by atoms with E-state index in [0.29, 0.717) is 17.1 Å². The van der Waals surface area contributed by atoms with Gasteiger partial charge in [0.05, 0.1) is 25.4 Å². The highest BCUT2D eigenvalue weighted by atomic mass is 16.5. The van der Waals surface area contributed by atoms with E-state index in [0.717, 1.165) is 0 Å². The van der Waals surface area contributed by atoms with Crippen LogP contribution in [0.25, 0.3) is 0 Å². The van der Waals surface area contributed by atoms with Crippen molar-refractivity contribution in [2.75, 3.05) is 26.5 Å². The van der Waals surface area contributed by atoms with Crippen LogP contribution in [0.3, 0.4) is 0 Å². The van der Waals surface area contributed by atoms with E-state index >= 15 is 0 Å². The first kappa shape index (κ1) is 13.8. The number of anilines is 1. The first-order valence-corrected chi connectivity index (χ1v) is 5.17. The van der Waals surface area contributed by atoms with E-state index in [1.165, 1.54) is 24.3 Å². The number of likely N-dealkylation sites (N-methyl/N-ethyl adjacent to an activating group) is 1. The molecule has 0 spiro atoms. The predicted octanol–water partition coefficient (Wildman–Crippen LogP) is 0.811. The molecule has 98 valence electrons. The number of amides is 2. The molecule has 0 saturated heterocycles. The molecule has 0 aromatic carbocycles. The van der Waals surface area contributed by atoms with E-state index in [1.54, 1.807) is 14.1 Å². The highest BCUT2D eigenvalue weighted by Gasteiger charge is 2.13. The second kappa shape index (κ2) is 5.85. The zero-order valence-corrected chi connectivity index (χ0v) is 10.4. The Morgan fingerprint density at radius 1 is 1.50 bits per heavy atom. The summed E-state index contributed by atoms with van der Waals surface area (Å²) in [7, 11) is 4.72. The lowest BCUT2D eigenvalue weighted by atomic mass is 10.1. The number of carbonyl (C=O) groups excluding carboxylic acids is 1. The Hall–Kier alpha value is -2.31. The van der Waals surface area contributed by atoms with Crippen LogP contribution in [0.15, 0.2) is 12.3 Å². The minimum Gasteiger partial charge on any atom is -0.481 e. The summed E-state index contributed by atoms with van der Waals surface area (Å²) in [5.74, 6) is 0.184. The predicted molar refractivity (Wildman–Crippen MR) is 64.8 cm³/mol. The van der Waals surface area contributed by atoms with Gasteiger partial charge >= 0.3 is 6.09 Å². The topological polar surface area (TPSA) is 91.8 Å². The minimum absolute atomic E-state index is 0.0955. The molecule has 0 atom stereocenters. The van der Waals surface area contributed by atoms with E-state index in [1.807, 2.05) is 0 Å². The smallest absolute Gasteiger partial charge is 0.409 e. The lowest BCUT2D eigenvalue weighted by Crippen LogP contribution is -2.24. The van der Waals surface area contributed by atoms with Crippen molar-refractivity contribution in [3.8, 4) is 5.88 Å². The van der Waals surface area contributed by atoms with Gasteiger partial charge in [0, 0.05) is 19.7 Å². The molecule has 18 heavy (non-hydrogen) atoms. The normalized spacial score (nSPS) is 9.72. The maximum atomic E-state index is 11.6. The van der Waals surface area contributed by atoms with Crippen LogP contribution in [-0.4, -0.2) is 48.2 Å². The van der Waals surface area contributed by atoms with Gasteiger partial charge in [-0.15, -0.1) is 0 Å². The monoisotopic (exact) mass is 253 g/mol. The van der Waals surface area contributed by atoms with Crippen molar-refractivity contribution in [2.24, 2.45) is 0 Å². The van der Waals surface area contributed by atoms with E-state index < -0.39 is 6.09 Å². The number of hydrogen-bond donors (Lipinski definition) is 2. The molecule has 1 rings (SSSR count). The molecule has 0 unspecified atom stereocenters. The molecule has 1 aromatic heterocycles. The van der Waals surface area contributed by atoms with Crippen molar-refractivity contribution in [2.45, 2.75) is 6.42 Å². The zero-order valence-electron chi connectivity index (χ0n) is 10.4. The van der Waals surface area contributed by atoms with Gasteiger partial charge in [-0.25, -0.2) is 9.78 Å². The Kier molecular flexibility index (Phi) is 4.47. The SMILES string of the molecule is COc1ncc(NC(=O)O)cc1CC(=O)N(C)C. The lowest BCUT2D eigenvalue weighted by Gasteiger charge is -2.12. The van der Waals surface area contributed by atoms with Crippen LogP contribution < -0.4 is 10.1 Å². The molecule has 7 heteroatoms. The van der Waals surface area contributed by atoms with Crippen LogP contribution in [0, 0.1) is 0 Å². The second-order valence-corrected chi connectivity index (χ2v) is 3.79. The molecule has 7 nitrogen and oxygen atoms in total. The van der Waals surface area contributed by atoms with Crippen LogP contribution in [0.1, 0.15) is 5.56 Å². The highest BCUT2D eigenvalue weighted by molar-refractivity contribution is 5.84. The Labute approximate surface area is 104 Å². The molecule has 2 N–H and O–H groups in total. The summed E-state index contributed by atoms with van der Waals surface area (Å²) in [5.41, 5.74) is 0.826. The summed E-state index contributed by atoms with van der Waals surface area (Å²) in [4.78, 5) is 27.5. The third kappa shape index (κ3) is 3.62. The van der Waals surface area contributed by atoms with E-state index in [-0.39, 0.29) is 12.3 Å². The molecule has 0 bridgehead atoms. The Morgan fingerprint density at radius 3 is 2.67 bits per heavy atom. The van der Waals surface area contributed by atoms with Gasteiger partial charge in [-0.1, -0.05) is 0 Å². The largest absolute Gasteiger partial charge is 0.481 e. The molecule has 0 aliphatic heterocycles. The number of ether oxygens (including phenoxy) is 1. The van der Waals surface area contributed by atoms with Gasteiger partial charge in [0.25, 0.3) is 0 Å². The van der Waals surface area contributed by atoms with Gasteiger partial charge in [0.15, 0.2) is 0 Å². The fourth-order valence-electron chi connectivity index (χ4n) is 1.32. The summed E-state index contributed by atoms with van der Waals surface area (Å²) >= 11 is 0. The summed E-state index contributed by atoms with van der Waals surface area (Å²) in [5, 5.41) is 10.8. The minimum atomic E-state index is -1.19. The van der Waals surface area contributed by atoms with Gasteiger partial charge in [0.1, 0.15) is 0 Å². The molecular weight excluding hydrogens is 238 g/mol. The summed E-state index contributed by atoms with van der Waals surface area (Å²) in [6.07, 6.45) is 0.237. The van der Waals surface area contributed by atoms with Crippen LogP contribution in [-0.2, 0) is 11.2 Å². The highest BCUT2D eigenvalue weighted by Crippen LogP contribution is 2.20. The molecule has 2 amide bonds. The molecule has 1 heterocycles. The second-order valence-electron chi connectivity index (χ2n) is 3.79. The summed E-state index contributed by atoms with van der Waals surface area (Å²) in [6, 6.07) is 1.53. The number of pyridine rings is 1. The van der Waals surface area contributed by atoms with E-state index in [2.05, 4.69) is 10.3 Å². The quantitative estimate of drug-likeness (QED) is 0.828. The van der Waals surface area contributed by atoms with Gasteiger partial charge in [-0.05, 0) is 6.07 Å². The average Bonchev–Trinajstić information content (AvgIpc) is 2.28. The average molecular weight is 253 g/mol. The maximum Gasteiger partial charge on any atom is 0.409 e. The van der Waals surface area contributed by atoms with E-state index in [9.17, 15) is 9.59 Å². The standard InChI is InChI=1S/C11H15N3O4/c1-14(2)9(15)5-7-4-8(13-11(16)17)6-12-10(7)18-3/h4,6,13H,5H2,1-3H3,(H,16,17). The number of nitrogens with one attached hydrogen (secondary N) is 1. The van der Waals surface area contributed by atoms with Gasteiger partial charge in [-0.3, -0.25) is 10.1 Å². The number of aromatic nitrogens is 1. The molecule has 0 saturated carbocycles. The van der Waals surface area contributed by atoms with Crippen molar-refractivity contribution in [1.82, 2.24) is 9.88 Å². The summed E-state index contributed by atoms with van der Waals surface area (Å²) < 4.78 is 5.03. The Morgan fingerprint density at radius 2 is 2.17 bits per heavy atom. The van der Waals surface area contributed by atoms with Gasteiger partial charge in [0.2, 0.25) is 11.8 Å². The fraction of sp³-hybridized carbons (Fsp3) is 0.364. The van der Waals surface area contributed by atoms with Gasteiger partial charge < -0.3 is 14.7 Å². The molecule has 0 radical (unpaired) electrons. The number of rotatable bonds is 4. The molecule has 0 aliphatic rings. The van der Waals surface area contributed by atoms with Crippen LogP contribution in [0.2, 0.25) is 0 Å². The Bertz CT molecular complexity index is 460. The van der Waals surface area contributed by atoms with Crippen molar-refractivity contribution in [1.29, 1.82) is 0 Å². The number of carboxylic acid groups (broad SMARTS) is 1.